The van der Waals surface area contributed by atoms with E-state index in [4.69, 9.17) is 10.4 Å². The number of carboxylic acid groups (broad SMARTS) is 1. The van der Waals surface area contributed by atoms with Crippen LogP contribution in [0.25, 0.3) is 0 Å². The highest BCUT2D eigenvalue weighted by molar-refractivity contribution is 7.89. The van der Waals surface area contributed by atoms with Crippen LogP contribution in [-0.2, 0) is 14.8 Å². The molecule has 0 aromatic heterocycles. The molecule has 1 N–H and O–H groups in total. The molecule has 1 aliphatic rings. The van der Waals surface area contributed by atoms with Gasteiger partial charge in [0.1, 0.15) is 16.8 Å². The third-order valence-electron chi connectivity index (χ3n) is 3.58. The monoisotopic (exact) mass is 312 g/mol. The van der Waals surface area contributed by atoms with Crippen molar-refractivity contribution in [2.45, 2.75) is 11.8 Å². The van der Waals surface area contributed by atoms with E-state index in [1.54, 1.807) is 13.0 Å². The van der Waals surface area contributed by atoms with Crippen molar-refractivity contribution in [2.75, 3.05) is 13.1 Å². The van der Waals surface area contributed by atoms with Crippen molar-refractivity contribution >= 4 is 16.0 Å². The van der Waals surface area contributed by atoms with Gasteiger partial charge >= 0.3 is 5.97 Å². The van der Waals surface area contributed by atoms with Crippen LogP contribution in [0.15, 0.2) is 23.1 Å². The summed E-state index contributed by atoms with van der Waals surface area (Å²) in [5, 5.41) is 18.0. The van der Waals surface area contributed by atoms with Gasteiger partial charge in [-0.25, -0.2) is 12.8 Å². The molecule has 0 unspecified atom stereocenters. The highest BCUT2D eigenvalue weighted by Crippen LogP contribution is 2.30. The Labute approximate surface area is 121 Å². The van der Waals surface area contributed by atoms with Crippen LogP contribution < -0.4 is 0 Å². The highest BCUT2D eigenvalue weighted by Gasteiger charge is 2.41. The SMILES string of the molecule is C[C@@H]1CN(S(=O)(=O)c2ccc(F)cc2C#N)C[C@H]1C(=O)O. The smallest absolute Gasteiger partial charge is 0.308 e. The van der Waals surface area contributed by atoms with Crippen molar-refractivity contribution in [1.29, 1.82) is 5.26 Å². The number of sulfonamides is 1. The lowest BCUT2D eigenvalue weighted by Crippen LogP contribution is -2.30. The number of aliphatic carboxylic acids is 1. The molecule has 1 saturated heterocycles. The molecule has 1 aliphatic heterocycles. The second-order valence-electron chi connectivity index (χ2n) is 5.00. The van der Waals surface area contributed by atoms with Gasteiger partial charge in [-0.1, -0.05) is 6.92 Å². The fourth-order valence-electron chi connectivity index (χ4n) is 2.39. The summed E-state index contributed by atoms with van der Waals surface area (Å²) < 4.78 is 39.1. The predicted molar refractivity (Wildman–Crippen MR) is 70.2 cm³/mol. The number of nitriles is 1. The van der Waals surface area contributed by atoms with E-state index >= 15 is 0 Å². The summed E-state index contributed by atoms with van der Waals surface area (Å²) in [5.74, 6) is -2.88. The van der Waals surface area contributed by atoms with Crippen molar-refractivity contribution in [3.63, 3.8) is 0 Å². The number of rotatable bonds is 3. The van der Waals surface area contributed by atoms with Crippen LogP contribution in [0, 0.1) is 29.0 Å². The molecular weight excluding hydrogens is 299 g/mol. The Kier molecular flexibility index (Phi) is 3.98. The molecule has 0 amide bonds. The fourth-order valence-corrected chi connectivity index (χ4v) is 4.08. The molecule has 0 saturated carbocycles. The van der Waals surface area contributed by atoms with Gasteiger partial charge in [0.15, 0.2) is 0 Å². The van der Waals surface area contributed by atoms with Crippen molar-refractivity contribution < 1.29 is 22.7 Å². The quantitative estimate of drug-likeness (QED) is 0.899. The lowest BCUT2D eigenvalue weighted by Gasteiger charge is -2.16. The molecular formula is C13H13FN2O4S. The molecule has 0 aliphatic carbocycles. The lowest BCUT2D eigenvalue weighted by atomic mass is 9.99. The van der Waals surface area contributed by atoms with Crippen molar-refractivity contribution in [3.8, 4) is 6.07 Å². The van der Waals surface area contributed by atoms with Gasteiger partial charge in [-0.15, -0.1) is 0 Å². The number of carboxylic acids is 1. The Bertz CT molecular complexity index is 726. The van der Waals surface area contributed by atoms with Crippen LogP contribution in [-0.4, -0.2) is 36.9 Å². The minimum absolute atomic E-state index is 0.0571. The van der Waals surface area contributed by atoms with Crippen molar-refractivity contribution in [1.82, 2.24) is 4.31 Å². The van der Waals surface area contributed by atoms with E-state index in [2.05, 4.69) is 0 Å². The number of nitrogens with zero attached hydrogens (tertiary/aromatic N) is 2. The molecule has 2 rings (SSSR count). The minimum atomic E-state index is -4.02. The summed E-state index contributed by atoms with van der Waals surface area (Å²) in [4.78, 5) is 10.8. The topological polar surface area (TPSA) is 98.5 Å². The zero-order chi connectivity index (χ0) is 15.8. The highest BCUT2D eigenvalue weighted by atomic mass is 32.2. The van der Waals surface area contributed by atoms with E-state index in [0.29, 0.717) is 0 Å². The van der Waals surface area contributed by atoms with Gasteiger partial charge in [0.2, 0.25) is 10.0 Å². The van der Waals surface area contributed by atoms with E-state index in [1.165, 1.54) is 0 Å². The van der Waals surface area contributed by atoms with Crippen LogP contribution in [0.3, 0.4) is 0 Å². The third kappa shape index (κ3) is 2.75. The van der Waals surface area contributed by atoms with E-state index in [9.17, 15) is 17.6 Å². The summed E-state index contributed by atoms with van der Waals surface area (Å²) in [6.45, 7) is 1.56. The summed E-state index contributed by atoms with van der Waals surface area (Å²) >= 11 is 0. The van der Waals surface area contributed by atoms with Crippen LogP contribution in [0.5, 0.6) is 0 Å². The molecule has 6 nitrogen and oxygen atoms in total. The van der Waals surface area contributed by atoms with Crippen LogP contribution in [0.1, 0.15) is 12.5 Å². The first-order valence-corrected chi connectivity index (χ1v) is 7.64. The zero-order valence-corrected chi connectivity index (χ0v) is 12.0. The first-order chi connectivity index (χ1) is 9.77. The van der Waals surface area contributed by atoms with Gasteiger partial charge in [0.25, 0.3) is 0 Å². The van der Waals surface area contributed by atoms with E-state index in [1.807, 2.05) is 0 Å². The second-order valence-corrected chi connectivity index (χ2v) is 6.90. The molecule has 1 heterocycles. The van der Waals surface area contributed by atoms with Gasteiger partial charge in [-0.05, 0) is 24.1 Å². The maximum atomic E-state index is 13.1. The molecule has 0 bridgehead atoms. The average Bonchev–Trinajstić information content (AvgIpc) is 2.81. The Morgan fingerprint density at radius 2 is 2.14 bits per heavy atom. The summed E-state index contributed by atoms with van der Waals surface area (Å²) in [7, 11) is -4.02. The molecule has 2 atom stereocenters. The maximum absolute atomic E-state index is 13.1. The number of halogens is 1. The maximum Gasteiger partial charge on any atom is 0.308 e. The van der Waals surface area contributed by atoms with Gasteiger partial charge in [0, 0.05) is 13.1 Å². The number of benzene rings is 1. The van der Waals surface area contributed by atoms with Gasteiger partial charge in [0.05, 0.1) is 11.5 Å². The molecule has 1 aromatic carbocycles. The molecule has 0 radical (unpaired) electrons. The zero-order valence-electron chi connectivity index (χ0n) is 11.2. The molecule has 8 heteroatoms. The van der Waals surface area contributed by atoms with Crippen molar-refractivity contribution in [2.24, 2.45) is 11.8 Å². The molecule has 112 valence electrons. The predicted octanol–water partition coefficient (Wildman–Crippen LogP) is 1.04. The Hall–Kier alpha value is -1.98. The number of hydrogen-bond donors (Lipinski definition) is 1. The lowest BCUT2D eigenvalue weighted by molar-refractivity contribution is -0.142. The minimum Gasteiger partial charge on any atom is -0.481 e. The molecule has 1 fully saturated rings. The Morgan fingerprint density at radius 1 is 1.48 bits per heavy atom. The fraction of sp³-hybridized carbons (Fsp3) is 0.385. The Balaban J connectivity index is 2.41. The molecule has 21 heavy (non-hydrogen) atoms. The largest absolute Gasteiger partial charge is 0.481 e. The average molecular weight is 312 g/mol. The van der Waals surface area contributed by atoms with Crippen molar-refractivity contribution in [3.05, 3.63) is 29.6 Å². The number of carbonyl (C=O) groups is 1. The second kappa shape index (κ2) is 5.42. The normalized spacial score (nSPS) is 22.9. The van der Waals surface area contributed by atoms with Crippen LogP contribution in [0.2, 0.25) is 0 Å². The molecule has 0 spiro atoms. The first kappa shape index (κ1) is 15.4. The summed E-state index contributed by atoms with van der Waals surface area (Å²) in [6.07, 6.45) is 0. The van der Waals surface area contributed by atoms with Crippen LogP contribution >= 0.6 is 0 Å². The number of hydrogen-bond acceptors (Lipinski definition) is 4. The van der Waals surface area contributed by atoms with Gasteiger partial charge in [-0.3, -0.25) is 4.79 Å². The third-order valence-corrected chi connectivity index (χ3v) is 5.47. The van der Waals surface area contributed by atoms with E-state index in [0.717, 1.165) is 22.5 Å². The summed E-state index contributed by atoms with van der Waals surface area (Å²) in [6, 6.07) is 4.49. The molecule has 1 aromatic rings. The standard InChI is InChI=1S/C13H13FN2O4S/c1-8-6-16(7-11(8)13(17)18)21(19,20)12-3-2-10(14)4-9(12)5-15/h2-4,8,11H,6-7H2,1H3,(H,17,18)/t8-,11-/m1/s1. The summed E-state index contributed by atoms with van der Waals surface area (Å²) in [5.41, 5.74) is -0.290. The first-order valence-electron chi connectivity index (χ1n) is 6.20. The van der Waals surface area contributed by atoms with Gasteiger partial charge in [-0.2, -0.15) is 9.57 Å². The Morgan fingerprint density at radius 3 is 2.67 bits per heavy atom. The van der Waals surface area contributed by atoms with E-state index < -0.39 is 27.7 Å². The van der Waals surface area contributed by atoms with E-state index in [-0.39, 0.29) is 29.5 Å². The van der Waals surface area contributed by atoms with Gasteiger partial charge < -0.3 is 5.11 Å². The van der Waals surface area contributed by atoms with Crippen LogP contribution in [0.4, 0.5) is 4.39 Å².